The molecule has 1 atom stereocenters. The predicted octanol–water partition coefficient (Wildman–Crippen LogP) is 3.56. The first-order valence-corrected chi connectivity index (χ1v) is 9.15. The number of hydrogen-bond donors (Lipinski definition) is 2. The van der Waals surface area contributed by atoms with Crippen LogP contribution in [0.4, 0.5) is 5.82 Å². The molecule has 0 saturated heterocycles. The smallest absolute Gasteiger partial charge is 0.138 e. The lowest BCUT2D eigenvalue weighted by Crippen LogP contribution is -2.30. The molecule has 0 radical (unpaired) electrons. The highest BCUT2D eigenvalue weighted by Crippen LogP contribution is 2.39. The second-order valence-electron chi connectivity index (χ2n) is 5.90. The highest BCUT2D eigenvalue weighted by molar-refractivity contribution is 7.19. The molecule has 0 aliphatic heterocycles. The molecule has 1 aliphatic carbocycles. The van der Waals surface area contributed by atoms with Crippen molar-refractivity contribution >= 4 is 38.7 Å². The van der Waals surface area contributed by atoms with Gasteiger partial charge in [-0.25, -0.2) is 9.97 Å². The predicted molar refractivity (Wildman–Crippen MR) is 91.8 cm³/mol. The van der Waals surface area contributed by atoms with Gasteiger partial charge in [0, 0.05) is 11.4 Å². The Morgan fingerprint density at radius 2 is 2.27 bits per heavy atom. The van der Waals surface area contributed by atoms with Crippen molar-refractivity contribution in [2.45, 2.75) is 31.8 Å². The van der Waals surface area contributed by atoms with Gasteiger partial charge < -0.3 is 10.4 Å². The lowest BCUT2D eigenvalue weighted by Gasteiger charge is -2.23. The molecule has 3 aromatic rings. The van der Waals surface area contributed by atoms with E-state index >= 15 is 0 Å². The van der Waals surface area contributed by atoms with E-state index in [2.05, 4.69) is 15.3 Å². The third kappa shape index (κ3) is 2.31. The molecule has 4 nitrogen and oxygen atoms in total. The molecular formula is C16H17N3OS2. The van der Waals surface area contributed by atoms with Gasteiger partial charge in [-0.3, -0.25) is 0 Å². The summed E-state index contributed by atoms with van der Waals surface area (Å²) < 4.78 is 0. The van der Waals surface area contributed by atoms with Crippen molar-refractivity contribution in [3.05, 3.63) is 39.2 Å². The topological polar surface area (TPSA) is 58.0 Å². The molecule has 3 heterocycles. The van der Waals surface area contributed by atoms with E-state index in [0.29, 0.717) is 6.54 Å². The number of fused-ring (bicyclic) bond motifs is 3. The van der Waals surface area contributed by atoms with Crippen molar-refractivity contribution in [2.24, 2.45) is 0 Å². The van der Waals surface area contributed by atoms with E-state index < -0.39 is 5.60 Å². The standard InChI is InChI=1S/C16H17N3OS2/c1-16(20,10-5-6-21-7-10)8-17-14-13-11-3-2-4-12(11)22-15(13)19-9-18-14/h5-7,9,20H,2-4,8H2,1H3,(H,17,18,19). The first kappa shape index (κ1) is 14.1. The minimum atomic E-state index is -0.906. The maximum absolute atomic E-state index is 10.7. The van der Waals surface area contributed by atoms with E-state index in [4.69, 9.17) is 0 Å². The lowest BCUT2D eigenvalue weighted by molar-refractivity contribution is 0.0719. The molecule has 0 fully saturated rings. The molecule has 114 valence electrons. The van der Waals surface area contributed by atoms with Gasteiger partial charge in [0.15, 0.2) is 0 Å². The van der Waals surface area contributed by atoms with Crippen LogP contribution in [-0.4, -0.2) is 21.6 Å². The quantitative estimate of drug-likeness (QED) is 0.767. The van der Waals surface area contributed by atoms with Gasteiger partial charge in [0.1, 0.15) is 22.6 Å². The van der Waals surface area contributed by atoms with Crippen molar-refractivity contribution < 1.29 is 5.11 Å². The summed E-state index contributed by atoms with van der Waals surface area (Å²) in [6.45, 7) is 2.26. The largest absolute Gasteiger partial charge is 0.384 e. The van der Waals surface area contributed by atoms with Crippen LogP contribution in [0.15, 0.2) is 23.2 Å². The second-order valence-corrected chi connectivity index (χ2v) is 7.76. The third-order valence-corrected chi connectivity index (χ3v) is 6.13. The summed E-state index contributed by atoms with van der Waals surface area (Å²) in [7, 11) is 0. The average Bonchev–Trinajstić information content (AvgIpc) is 3.20. The third-order valence-electron chi connectivity index (χ3n) is 4.24. The fourth-order valence-electron chi connectivity index (χ4n) is 2.99. The molecule has 0 bridgehead atoms. The van der Waals surface area contributed by atoms with Crippen LogP contribution in [0.25, 0.3) is 10.2 Å². The van der Waals surface area contributed by atoms with E-state index in [-0.39, 0.29) is 0 Å². The van der Waals surface area contributed by atoms with Crippen LogP contribution in [-0.2, 0) is 18.4 Å². The van der Waals surface area contributed by atoms with E-state index in [1.54, 1.807) is 29.0 Å². The van der Waals surface area contributed by atoms with Gasteiger partial charge in [-0.05, 0) is 54.1 Å². The van der Waals surface area contributed by atoms with Gasteiger partial charge in [-0.1, -0.05) is 0 Å². The second kappa shape index (κ2) is 5.30. The van der Waals surface area contributed by atoms with Crippen LogP contribution < -0.4 is 5.32 Å². The lowest BCUT2D eigenvalue weighted by atomic mass is 9.99. The van der Waals surface area contributed by atoms with Crippen LogP contribution in [0, 0.1) is 0 Å². The van der Waals surface area contributed by atoms with Gasteiger partial charge in [0.05, 0.1) is 5.39 Å². The summed E-state index contributed by atoms with van der Waals surface area (Å²) in [6, 6.07) is 1.96. The Morgan fingerprint density at radius 1 is 1.36 bits per heavy atom. The van der Waals surface area contributed by atoms with E-state index in [0.717, 1.165) is 34.4 Å². The van der Waals surface area contributed by atoms with Crippen LogP contribution in [0.3, 0.4) is 0 Å². The van der Waals surface area contributed by atoms with E-state index in [1.807, 2.05) is 23.8 Å². The molecule has 1 unspecified atom stereocenters. The number of aliphatic hydroxyl groups is 1. The van der Waals surface area contributed by atoms with Crippen molar-refractivity contribution in [2.75, 3.05) is 11.9 Å². The molecule has 0 saturated carbocycles. The number of aryl methyl sites for hydroxylation is 2. The number of anilines is 1. The highest BCUT2D eigenvalue weighted by Gasteiger charge is 2.25. The monoisotopic (exact) mass is 331 g/mol. The Kier molecular flexibility index (Phi) is 3.40. The Hall–Kier alpha value is -1.50. The summed E-state index contributed by atoms with van der Waals surface area (Å²) in [5.41, 5.74) is 1.43. The van der Waals surface area contributed by atoms with Crippen molar-refractivity contribution in [3.8, 4) is 0 Å². The van der Waals surface area contributed by atoms with Crippen LogP contribution >= 0.6 is 22.7 Å². The summed E-state index contributed by atoms with van der Waals surface area (Å²) in [5, 5.41) is 19.1. The molecule has 0 amide bonds. The van der Waals surface area contributed by atoms with Crippen molar-refractivity contribution in [1.29, 1.82) is 0 Å². The van der Waals surface area contributed by atoms with Gasteiger partial charge in [0.2, 0.25) is 0 Å². The molecule has 2 N–H and O–H groups in total. The van der Waals surface area contributed by atoms with Crippen LogP contribution in [0.2, 0.25) is 0 Å². The number of aromatic nitrogens is 2. The fourth-order valence-corrected chi connectivity index (χ4v) is 5.00. The fraction of sp³-hybridized carbons (Fsp3) is 0.375. The van der Waals surface area contributed by atoms with Crippen molar-refractivity contribution in [3.63, 3.8) is 0 Å². The molecule has 1 aliphatic rings. The molecular weight excluding hydrogens is 314 g/mol. The van der Waals surface area contributed by atoms with E-state index in [9.17, 15) is 5.11 Å². The SMILES string of the molecule is CC(O)(CNc1ncnc2sc3c(c12)CCC3)c1ccsc1. The maximum atomic E-state index is 10.7. The minimum absolute atomic E-state index is 0.431. The summed E-state index contributed by atoms with van der Waals surface area (Å²) in [5.74, 6) is 0.847. The molecule has 4 rings (SSSR count). The normalized spacial score (nSPS) is 16.6. The Bertz CT molecular complexity index is 808. The number of nitrogens with zero attached hydrogens (tertiary/aromatic N) is 2. The summed E-state index contributed by atoms with van der Waals surface area (Å²) in [4.78, 5) is 11.3. The first-order chi connectivity index (χ1) is 10.6. The number of rotatable bonds is 4. The zero-order valence-corrected chi connectivity index (χ0v) is 13.9. The van der Waals surface area contributed by atoms with E-state index in [1.165, 1.54) is 16.9 Å². The Morgan fingerprint density at radius 3 is 3.09 bits per heavy atom. The molecule has 0 spiro atoms. The Labute approximate surface area is 136 Å². The zero-order valence-electron chi connectivity index (χ0n) is 12.3. The molecule has 22 heavy (non-hydrogen) atoms. The van der Waals surface area contributed by atoms with Gasteiger partial charge >= 0.3 is 0 Å². The zero-order chi connectivity index (χ0) is 15.2. The number of nitrogens with one attached hydrogen (secondary N) is 1. The highest BCUT2D eigenvalue weighted by atomic mass is 32.1. The minimum Gasteiger partial charge on any atom is -0.384 e. The first-order valence-electron chi connectivity index (χ1n) is 7.39. The van der Waals surface area contributed by atoms with Gasteiger partial charge in [0.25, 0.3) is 0 Å². The summed E-state index contributed by atoms with van der Waals surface area (Å²) >= 11 is 3.38. The number of thiophene rings is 2. The average molecular weight is 331 g/mol. The van der Waals surface area contributed by atoms with Crippen LogP contribution in [0.5, 0.6) is 0 Å². The molecule has 3 aromatic heterocycles. The van der Waals surface area contributed by atoms with Crippen molar-refractivity contribution in [1.82, 2.24) is 9.97 Å². The van der Waals surface area contributed by atoms with Crippen LogP contribution in [0.1, 0.15) is 29.3 Å². The van der Waals surface area contributed by atoms with Gasteiger partial charge in [-0.15, -0.1) is 11.3 Å². The number of hydrogen-bond acceptors (Lipinski definition) is 6. The maximum Gasteiger partial charge on any atom is 0.138 e. The Balaban J connectivity index is 1.65. The van der Waals surface area contributed by atoms with Gasteiger partial charge in [-0.2, -0.15) is 11.3 Å². The summed E-state index contributed by atoms with van der Waals surface area (Å²) in [6.07, 6.45) is 5.09. The molecule has 6 heteroatoms. The molecule has 0 aromatic carbocycles.